The van der Waals surface area contributed by atoms with Crippen LogP contribution in [0.15, 0.2) is 4.99 Å². The van der Waals surface area contributed by atoms with Gasteiger partial charge in [0.25, 0.3) is 0 Å². The van der Waals surface area contributed by atoms with E-state index in [1.165, 1.54) is 6.42 Å². The van der Waals surface area contributed by atoms with Gasteiger partial charge in [-0.1, -0.05) is 6.42 Å². The summed E-state index contributed by atoms with van der Waals surface area (Å²) < 4.78 is 5.46. The number of hydrogen-bond acceptors (Lipinski definition) is 3. The minimum atomic E-state index is 0. The lowest BCUT2D eigenvalue weighted by Crippen LogP contribution is -2.41. The Morgan fingerprint density at radius 1 is 1.40 bits per heavy atom. The predicted molar refractivity (Wildman–Crippen MR) is 113 cm³/mol. The Bertz CT molecular complexity index is 414. The van der Waals surface area contributed by atoms with E-state index in [0.29, 0.717) is 11.8 Å². The maximum Gasteiger partial charge on any atom is 0.222 e. The van der Waals surface area contributed by atoms with Crippen molar-refractivity contribution in [1.29, 1.82) is 0 Å². The van der Waals surface area contributed by atoms with Gasteiger partial charge in [0.1, 0.15) is 0 Å². The lowest BCUT2D eigenvalue weighted by Gasteiger charge is -2.25. The number of carbonyl (C=O) groups excluding carboxylic acids is 1. The minimum absolute atomic E-state index is 0. The molecule has 2 saturated heterocycles. The molecule has 0 aromatic carbocycles. The van der Waals surface area contributed by atoms with Gasteiger partial charge in [-0.15, -0.1) is 24.0 Å². The normalized spacial score (nSPS) is 21.7. The van der Waals surface area contributed by atoms with E-state index in [2.05, 4.69) is 24.2 Å². The van der Waals surface area contributed by atoms with Gasteiger partial charge in [0.05, 0.1) is 6.61 Å². The molecule has 1 atom stereocenters. The quantitative estimate of drug-likeness (QED) is 0.271. The van der Waals surface area contributed by atoms with Crippen LogP contribution >= 0.6 is 24.0 Å². The van der Waals surface area contributed by atoms with E-state index < -0.39 is 0 Å². The van der Waals surface area contributed by atoms with Crippen LogP contribution in [0.2, 0.25) is 0 Å². The number of nitrogens with zero attached hydrogens (tertiary/aromatic N) is 3. The van der Waals surface area contributed by atoms with Gasteiger partial charge in [-0.25, -0.2) is 0 Å². The molecule has 146 valence electrons. The van der Waals surface area contributed by atoms with Crippen molar-refractivity contribution in [3.05, 3.63) is 0 Å². The lowest BCUT2D eigenvalue weighted by atomic mass is 10.1. The van der Waals surface area contributed by atoms with Crippen LogP contribution in [0.3, 0.4) is 0 Å². The highest BCUT2D eigenvalue weighted by Gasteiger charge is 2.19. The molecule has 0 spiro atoms. The van der Waals surface area contributed by atoms with E-state index in [-0.39, 0.29) is 24.0 Å². The molecule has 2 fully saturated rings. The standard InChI is InChI=1S/C18H34N4O2.HI/c1-3-19-18(21(2)14-16-9-13-24-15-16)20-10-7-12-22-11-6-4-5-8-17(22)23;/h16H,3-15H2,1-2H3,(H,19,20);1H. The van der Waals surface area contributed by atoms with Gasteiger partial charge in [0, 0.05) is 58.7 Å². The number of rotatable bonds is 7. The summed E-state index contributed by atoms with van der Waals surface area (Å²) in [7, 11) is 2.10. The Labute approximate surface area is 169 Å². The van der Waals surface area contributed by atoms with Crippen molar-refractivity contribution < 1.29 is 9.53 Å². The number of carbonyl (C=O) groups is 1. The average Bonchev–Trinajstić information content (AvgIpc) is 2.99. The van der Waals surface area contributed by atoms with Gasteiger partial charge < -0.3 is 19.9 Å². The third-order valence-corrected chi connectivity index (χ3v) is 4.77. The van der Waals surface area contributed by atoms with Gasteiger partial charge in [0.15, 0.2) is 5.96 Å². The molecule has 0 aromatic heterocycles. The smallest absolute Gasteiger partial charge is 0.222 e. The maximum absolute atomic E-state index is 12.0. The monoisotopic (exact) mass is 466 g/mol. The number of guanidine groups is 1. The first-order valence-electron chi connectivity index (χ1n) is 9.55. The molecule has 0 aliphatic carbocycles. The number of ether oxygens (including phenoxy) is 1. The number of amides is 1. The second-order valence-corrected chi connectivity index (χ2v) is 6.89. The predicted octanol–water partition coefficient (Wildman–Crippen LogP) is 2.33. The van der Waals surface area contributed by atoms with Crippen LogP contribution in [0, 0.1) is 5.92 Å². The summed E-state index contributed by atoms with van der Waals surface area (Å²) in [5, 5.41) is 3.37. The molecule has 1 unspecified atom stereocenters. The topological polar surface area (TPSA) is 57.2 Å². The summed E-state index contributed by atoms with van der Waals surface area (Å²) >= 11 is 0. The fourth-order valence-corrected chi connectivity index (χ4v) is 3.39. The second kappa shape index (κ2) is 12.7. The molecule has 0 saturated carbocycles. The summed E-state index contributed by atoms with van der Waals surface area (Å²) in [6, 6.07) is 0. The van der Waals surface area contributed by atoms with E-state index in [9.17, 15) is 4.79 Å². The Morgan fingerprint density at radius 3 is 2.96 bits per heavy atom. The van der Waals surface area contributed by atoms with Crippen LogP contribution in [-0.2, 0) is 9.53 Å². The second-order valence-electron chi connectivity index (χ2n) is 6.89. The fraction of sp³-hybridized carbons (Fsp3) is 0.889. The van der Waals surface area contributed by atoms with Crippen molar-refractivity contribution in [2.24, 2.45) is 10.9 Å². The van der Waals surface area contributed by atoms with E-state index in [1.807, 2.05) is 4.90 Å². The molecule has 2 aliphatic rings. The first-order valence-corrected chi connectivity index (χ1v) is 9.55. The third kappa shape index (κ3) is 8.11. The van der Waals surface area contributed by atoms with Gasteiger partial charge in [-0.05, 0) is 32.6 Å². The molecule has 0 aromatic rings. The zero-order chi connectivity index (χ0) is 17.2. The van der Waals surface area contributed by atoms with Crippen LogP contribution in [0.1, 0.15) is 45.4 Å². The molecule has 1 amide bonds. The molecule has 1 N–H and O–H groups in total. The Morgan fingerprint density at radius 2 is 2.24 bits per heavy atom. The van der Waals surface area contributed by atoms with Crippen molar-refractivity contribution in [3.63, 3.8) is 0 Å². The van der Waals surface area contributed by atoms with Crippen LogP contribution in [0.5, 0.6) is 0 Å². The summed E-state index contributed by atoms with van der Waals surface area (Å²) in [5.74, 6) is 1.89. The molecule has 0 bridgehead atoms. The molecule has 6 nitrogen and oxygen atoms in total. The molecule has 25 heavy (non-hydrogen) atoms. The SMILES string of the molecule is CCNC(=NCCCN1CCCCCC1=O)N(C)CC1CCOC1.I. The third-order valence-electron chi connectivity index (χ3n) is 4.77. The van der Waals surface area contributed by atoms with Gasteiger partial charge in [-0.3, -0.25) is 9.79 Å². The van der Waals surface area contributed by atoms with Crippen molar-refractivity contribution in [3.8, 4) is 0 Å². The molecule has 2 aliphatic heterocycles. The van der Waals surface area contributed by atoms with Crippen molar-refractivity contribution in [2.45, 2.75) is 45.4 Å². The van der Waals surface area contributed by atoms with Gasteiger partial charge in [-0.2, -0.15) is 0 Å². The Balaban J connectivity index is 0.00000312. The molecule has 0 radical (unpaired) electrons. The van der Waals surface area contributed by atoms with E-state index in [1.54, 1.807) is 0 Å². The molecular formula is C18H35IN4O2. The number of halogens is 1. The first kappa shape index (κ1) is 22.5. The fourth-order valence-electron chi connectivity index (χ4n) is 3.39. The maximum atomic E-state index is 12.0. The zero-order valence-corrected chi connectivity index (χ0v) is 18.2. The Hall–Kier alpha value is -0.570. The number of nitrogens with one attached hydrogen (secondary N) is 1. The molecule has 2 heterocycles. The van der Waals surface area contributed by atoms with Gasteiger partial charge >= 0.3 is 0 Å². The van der Waals surface area contributed by atoms with Crippen molar-refractivity contribution in [1.82, 2.24) is 15.1 Å². The lowest BCUT2D eigenvalue weighted by molar-refractivity contribution is -0.130. The Kier molecular flexibility index (Phi) is 11.4. The van der Waals surface area contributed by atoms with Crippen LogP contribution in [0.4, 0.5) is 0 Å². The van der Waals surface area contributed by atoms with Crippen molar-refractivity contribution >= 4 is 35.8 Å². The zero-order valence-electron chi connectivity index (χ0n) is 15.8. The van der Waals surface area contributed by atoms with E-state index in [4.69, 9.17) is 9.73 Å². The first-order chi connectivity index (χ1) is 11.7. The summed E-state index contributed by atoms with van der Waals surface area (Å²) in [6.07, 6.45) is 6.16. The largest absolute Gasteiger partial charge is 0.381 e. The number of hydrogen-bond donors (Lipinski definition) is 1. The van der Waals surface area contributed by atoms with Crippen LogP contribution in [0.25, 0.3) is 0 Å². The highest BCUT2D eigenvalue weighted by Crippen LogP contribution is 2.13. The molecule has 7 heteroatoms. The summed E-state index contributed by atoms with van der Waals surface area (Å²) in [4.78, 5) is 21.0. The van der Waals surface area contributed by atoms with E-state index >= 15 is 0 Å². The highest BCUT2D eigenvalue weighted by molar-refractivity contribution is 14.0. The number of likely N-dealkylation sites (tertiary alicyclic amines) is 1. The average molecular weight is 466 g/mol. The van der Waals surface area contributed by atoms with E-state index in [0.717, 1.165) is 84.0 Å². The molecular weight excluding hydrogens is 431 g/mol. The summed E-state index contributed by atoms with van der Waals surface area (Å²) in [5.41, 5.74) is 0. The minimum Gasteiger partial charge on any atom is -0.381 e. The van der Waals surface area contributed by atoms with Gasteiger partial charge in [0.2, 0.25) is 5.91 Å². The highest BCUT2D eigenvalue weighted by atomic mass is 127. The van der Waals surface area contributed by atoms with Crippen LogP contribution in [-0.4, -0.2) is 74.7 Å². The van der Waals surface area contributed by atoms with Crippen molar-refractivity contribution in [2.75, 3.05) is 53.0 Å². The van der Waals surface area contributed by atoms with Crippen LogP contribution < -0.4 is 5.32 Å². The molecule has 2 rings (SSSR count). The number of aliphatic imine (C=N–C) groups is 1. The summed E-state index contributed by atoms with van der Waals surface area (Å²) in [6.45, 7) is 8.21.